The van der Waals surface area contributed by atoms with E-state index in [9.17, 15) is 15.0 Å². The minimum atomic E-state index is -1.35. The predicted molar refractivity (Wildman–Crippen MR) is 112 cm³/mol. The van der Waals surface area contributed by atoms with Crippen molar-refractivity contribution in [3.05, 3.63) is 65.2 Å². The second-order valence-corrected chi connectivity index (χ2v) is 8.71. The van der Waals surface area contributed by atoms with Gasteiger partial charge in [0.25, 0.3) is 0 Å². The molecule has 1 saturated heterocycles. The molecule has 2 N–H and O–H groups in total. The smallest absolute Gasteiger partial charge is 0.340 e. The first-order valence-corrected chi connectivity index (χ1v) is 10.4. The zero-order chi connectivity index (χ0) is 20.5. The summed E-state index contributed by atoms with van der Waals surface area (Å²) in [5, 5.41) is 20.1. The molecule has 1 spiro atoms. The van der Waals surface area contributed by atoms with Crippen molar-refractivity contribution in [3.8, 4) is 0 Å². The van der Waals surface area contributed by atoms with Gasteiger partial charge in [-0.15, -0.1) is 0 Å². The fourth-order valence-corrected chi connectivity index (χ4v) is 4.09. The number of nitrogens with zero attached hydrogens (tertiary/aromatic N) is 1. The van der Waals surface area contributed by atoms with E-state index in [2.05, 4.69) is 4.90 Å². The average Bonchev–Trinajstić information content (AvgIpc) is 3.51. The minimum Gasteiger partial charge on any atom is -0.457 e. The molecular weight excluding hydrogens is 366 g/mol. The summed E-state index contributed by atoms with van der Waals surface area (Å²) in [4.78, 5) is 15.1. The molecule has 4 rings (SSSR count). The van der Waals surface area contributed by atoms with E-state index in [0.29, 0.717) is 16.5 Å². The van der Waals surface area contributed by atoms with Crippen molar-refractivity contribution in [2.45, 2.75) is 44.8 Å². The summed E-state index contributed by atoms with van der Waals surface area (Å²) in [5.74, 6) is -0.370. The first-order chi connectivity index (χ1) is 13.9. The van der Waals surface area contributed by atoms with Gasteiger partial charge in [-0.1, -0.05) is 36.4 Å². The molecule has 5 heteroatoms. The lowest BCUT2D eigenvalue weighted by Gasteiger charge is -2.35. The second-order valence-electron chi connectivity index (χ2n) is 8.71. The van der Waals surface area contributed by atoms with Gasteiger partial charge in [0, 0.05) is 13.1 Å². The maximum atomic E-state index is 12.9. The molecule has 0 bridgehead atoms. The first kappa shape index (κ1) is 19.9. The third kappa shape index (κ3) is 4.31. The van der Waals surface area contributed by atoms with Crippen LogP contribution in [-0.4, -0.2) is 35.9 Å². The normalized spacial score (nSPS) is 19.6. The second kappa shape index (κ2) is 7.81. The Morgan fingerprint density at radius 2 is 1.79 bits per heavy atom. The maximum absolute atomic E-state index is 12.9. The lowest BCUT2D eigenvalue weighted by molar-refractivity contribution is -0.00230. The quantitative estimate of drug-likeness (QED) is 0.731. The number of piperidine rings is 1. The molecule has 1 unspecified atom stereocenters. The highest BCUT2D eigenvalue weighted by molar-refractivity contribution is 5.96. The van der Waals surface area contributed by atoms with E-state index < -0.39 is 5.60 Å². The molecular formula is C24H29NO4. The largest absolute Gasteiger partial charge is 0.457 e. The van der Waals surface area contributed by atoms with Crippen LogP contribution in [-0.2, 0) is 16.9 Å². The highest BCUT2D eigenvalue weighted by atomic mass is 16.5. The molecule has 2 aromatic rings. The van der Waals surface area contributed by atoms with Crippen LogP contribution in [0.5, 0.6) is 0 Å². The summed E-state index contributed by atoms with van der Waals surface area (Å²) in [5.41, 5.74) is 2.00. The number of carbonyl (C=O) groups excluding carboxylic acids is 1. The number of aliphatic hydroxyl groups excluding tert-OH is 1. The van der Waals surface area contributed by atoms with Crippen LogP contribution in [0.3, 0.4) is 0 Å². The molecule has 1 saturated carbocycles. The van der Waals surface area contributed by atoms with Gasteiger partial charge >= 0.3 is 5.97 Å². The molecule has 2 aromatic carbocycles. The molecule has 154 valence electrons. The van der Waals surface area contributed by atoms with E-state index in [4.69, 9.17) is 4.74 Å². The van der Waals surface area contributed by atoms with Crippen LogP contribution >= 0.6 is 0 Å². The number of hydrogen-bond donors (Lipinski definition) is 2. The zero-order valence-electron chi connectivity index (χ0n) is 16.9. The van der Waals surface area contributed by atoms with Crippen LogP contribution < -0.4 is 4.90 Å². The molecule has 1 aliphatic heterocycles. The Bertz CT molecular complexity index is 864. The Kier molecular flexibility index (Phi) is 5.36. The van der Waals surface area contributed by atoms with Gasteiger partial charge in [-0.05, 0) is 61.3 Å². The molecule has 0 amide bonds. The molecule has 5 nitrogen and oxygen atoms in total. The van der Waals surface area contributed by atoms with E-state index in [1.165, 1.54) is 12.8 Å². The highest BCUT2D eigenvalue weighted by Crippen LogP contribution is 2.54. The lowest BCUT2D eigenvalue weighted by Crippen LogP contribution is -2.36. The van der Waals surface area contributed by atoms with E-state index in [-0.39, 0.29) is 19.2 Å². The van der Waals surface area contributed by atoms with Crippen molar-refractivity contribution in [2.24, 2.45) is 5.41 Å². The standard InChI is InChI=1S/C24H29NO4/c1-23(28,17-26)19-7-8-20(22(27)29-16-18-5-3-2-4-6-18)21(15-19)25-13-11-24(9-10-24)12-14-25/h2-8,15,26,28H,9-14,16-17H2,1H3. The van der Waals surface area contributed by atoms with Crippen molar-refractivity contribution in [2.75, 3.05) is 24.6 Å². The Morgan fingerprint density at radius 3 is 2.41 bits per heavy atom. The number of hydrogen-bond acceptors (Lipinski definition) is 5. The van der Waals surface area contributed by atoms with Crippen LogP contribution in [0.2, 0.25) is 0 Å². The summed E-state index contributed by atoms with van der Waals surface area (Å²) in [6.45, 7) is 3.20. The molecule has 2 aliphatic rings. The predicted octanol–water partition coefficient (Wildman–Crippen LogP) is 3.62. The van der Waals surface area contributed by atoms with Crippen LogP contribution in [0.25, 0.3) is 0 Å². The Labute approximate surface area is 171 Å². The van der Waals surface area contributed by atoms with Crippen molar-refractivity contribution in [1.82, 2.24) is 0 Å². The number of carbonyl (C=O) groups is 1. The van der Waals surface area contributed by atoms with E-state index >= 15 is 0 Å². The summed E-state index contributed by atoms with van der Waals surface area (Å²) < 4.78 is 5.57. The maximum Gasteiger partial charge on any atom is 0.340 e. The molecule has 2 fully saturated rings. The molecule has 29 heavy (non-hydrogen) atoms. The fourth-order valence-electron chi connectivity index (χ4n) is 4.09. The highest BCUT2D eigenvalue weighted by Gasteiger charge is 2.44. The molecule has 1 heterocycles. The van der Waals surface area contributed by atoms with E-state index in [1.54, 1.807) is 19.1 Å². The number of ether oxygens (including phenoxy) is 1. The summed E-state index contributed by atoms with van der Waals surface area (Å²) in [6, 6.07) is 14.9. The molecule has 0 aromatic heterocycles. The molecule has 1 atom stereocenters. The van der Waals surface area contributed by atoms with Crippen molar-refractivity contribution >= 4 is 11.7 Å². The number of anilines is 1. The third-order valence-corrected chi connectivity index (χ3v) is 6.48. The van der Waals surface area contributed by atoms with Crippen LogP contribution in [0, 0.1) is 5.41 Å². The van der Waals surface area contributed by atoms with Gasteiger partial charge in [-0.2, -0.15) is 0 Å². The first-order valence-electron chi connectivity index (χ1n) is 10.4. The summed E-state index contributed by atoms with van der Waals surface area (Å²) >= 11 is 0. The number of aliphatic hydroxyl groups is 2. The molecule has 0 radical (unpaired) electrons. The monoisotopic (exact) mass is 395 g/mol. The van der Waals surface area contributed by atoms with Gasteiger partial charge in [0.2, 0.25) is 0 Å². The van der Waals surface area contributed by atoms with E-state index in [0.717, 1.165) is 37.2 Å². The minimum absolute atomic E-state index is 0.221. The third-order valence-electron chi connectivity index (χ3n) is 6.48. The van der Waals surface area contributed by atoms with E-state index in [1.807, 2.05) is 36.4 Å². The van der Waals surface area contributed by atoms with Gasteiger partial charge in [0.05, 0.1) is 17.9 Å². The Balaban J connectivity index is 1.58. The van der Waals surface area contributed by atoms with Crippen molar-refractivity contribution in [3.63, 3.8) is 0 Å². The van der Waals surface area contributed by atoms with Crippen molar-refractivity contribution in [1.29, 1.82) is 0 Å². The summed E-state index contributed by atoms with van der Waals surface area (Å²) in [7, 11) is 0. The fraction of sp³-hybridized carbons (Fsp3) is 0.458. The summed E-state index contributed by atoms with van der Waals surface area (Å²) in [6.07, 6.45) is 4.89. The molecule has 1 aliphatic carbocycles. The van der Waals surface area contributed by atoms with Crippen LogP contribution in [0.4, 0.5) is 5.69 Å². The number of esters is 1. The van der Waals surface area contributed by atoms with Gasteiger partial charge in [0.15, 0.2) is 0 Å². The SMILES string of the molecule is CC(O)(CO)c1ccc(C(=O)OCc2ccccc2)c(N2CCC3(CC2)CC3)c1. The number of benzene rings is 2. The van der Waals surface area contributed by atoms with Gasteiger partial charge in [0.1, 0.15) is 12.2 Å². The average molecular weight is 395 g/mol. The van der Waals surface area contributed by atoms with Crippen LogP contribution in [0.15, 0.2) is 48.5 Å². The Hall–Kier alpha value is -2.37. The van der Waals surface area contributed by atoms with Gasteiger partial charge in [-0.25, -0.2) is 4.79 Å². The van der Waals surface area contributed by atoms with Crippen molar-refractivity contribution < 1.29 is 19.7 Å². The van der Waals surface area contributed by atoms with Gasteiger partial charge in [-0.3, -0.25) is 0 Å². The van der Waals surface area contributed by atoms with Gasteiger partial charge < -0.3 is 19.8 Å². The lowest BCUT2D eigenvalue weighted by atomic mass is 9.91. The van der Waals surface area contributed by atoms with Crippen LogP contribution in [0.1, 0.15) is 54.1 Å². The zero-order valence-corrected chi connectivity index (χ0v) is 16.9. The number of rotatable bonds is 6. The topological polar surface area (TPSA) is 70.0 Å². The Morgan fingerprint density at radius 1 is 1.10 bits per heavy atom.